The molecule has 0 saturated carbocycles. The minimum absolute atomic E-state index is 0.0403. The molecule has 2 atom stereocenters. The summed E-state index contributed by atoms with van der Waals surface area (Å²) < 4.78 is 67.8. The van der Waals surface area contributed by atoms with Crippen LogP contribution in [0, 0.1) is 6.92 Å². The number of carbonyl (C=O) groups excluding carboxylic acids is 1. The Labute approximate surface area is 179 Å². The van der Waals surface area contributed by atoms with E-state index in [0.717, 1.165) is 15.6 Å². The number of rotatable bonds is 4. The highest BCUT2D eigenvalue weighted by Crippen LogP contribution is 2.40. The first-order valence-corrected chi connectivity index (χ1v) is 11.0. The van der Waals surface area contributed by atoms with Crippen LogP contribution in [-0.4, -0.2) is 56.4 Å². The third-order valence-electron chi connectivity index (χ3n) is 5.27. The maximum atomic E-state index is 13.4. The molecule has 0 unspecified atom stereocenters. The summed E-state index contributed by atoms with van der Waals surface area (Å²) in [5.74, 6) is -2.07. The van der Waals surface area contributed by atoms with E-state index in [9.17, 15) is 26.4 Å². The predicted molar refractivity (Wildman–Crippen MR) is 111 cm³/mol. The van der Waals surface area contributed by atoms with E-state index in [2.05, 4.69) is 0 Å². The second-order valence-electron chi connectivity index (χ2n) is 7.81. The summed E-state index contributed by atoms with van der Waals surface area (Å²) in [4.78, 5) is 14.6. The molecule has 10 heteroatoms. The molecule has 3 rings (SSSR count). The Morgan fingerprint density at radius 2 is 1.58 bits per heavy atom. The van der Waals surface area contributed by atoms with Gasteiger partial charge in [-0.05, 0) is 43.7 Å². The van der Waals surface area contributed by atoms with Gasteiger partial charge in [-0.1, -0.05) is 29.8 Å². The maximum absolute atomic E-state index is 13.4. The van der Waals surface area contributed by atoms with Crippen molar-refractivity contribution in [2.75, 3.05) is 25.5 Å². The van der Waals surface area contributed by atoms with Gasteiger partial charge in [-0.25, -0.2) is 8.42 Å². The average Bonchev–Trinajstić information content (AvgIpc) is 3.04. The highest BCUT2D eigenvalue weighted by molar-refractivity contribution is 7.89. The van der Waals surface area contributed by atoms with Crippen LogP contribution in [0.4, 0.5) is 18.9 Å². The first-order valence-electron chi connectivity index (χ1n) is 9.59. The number of benzene rings is 2. The first kappa shape index (κ1) is 23.1. The molecule has 0 aromatic heterocycles. The number of hydrogen-bond acceptors (Lipinski definition) is 4. The van der Waals surface area contributed by atoms with Gasteiger partial charge in [0.15, 0.2) is 0 Å². The van der Waals surface area contributed by atoms with E-state index in [1.165, 1.54) is 19.1 Å². The zero-order valence-electron chi connectivity index (χ0n) is 17.6. The summed E-state index contributed by atoms with van der Waals surface area (Å²) in [6, 6.07) is 11.5. The number of aryl methyl sites for hydroxylation is 1. The molecule has 6 nitrogen and oxygen atoms in total. The zero-order valence-corrected chi connectivity index (χ0v) is 18.4. The van der Waals surface area contributed by atoms with E-state index in [4.69, 9.17) is 0 Å². The molecule has 2 aromatic rings. The molecule has 1 aliphatic heterocycles. The van der Waals surface area contributed by atoms with Crippen molar-refractivity contribution in [3.8, 4) is 0 Å². The fourth-order valence-corrected chi connectivity index (χ4v) is 5.28. The highest BCUT2D eigenvalue weighted by atomic mass is 32.2. The van der Waals surface area contributed by atoms with Crippen molar-refractivity contribution in [2.24, 2.45) is 0 Å². The van der Waals surface area contributed by atoms with Crippen molar-refractivity contribution in [2.45, 2.75) is 37.1 Å². The summed E-state index contributed by atoms with van der Waals surface area (Å²) in [7, 11) is -0.551. The van der Waals surface area contributed by atoms with Crippen LogP contribution >= 0.6 is 0 Å². The van der Waals surface area contributed by atoms with Gasteiger partial charge in [-0.15, -0.1) is 0 Å². The molecule has 0 aliphatic carbocycles. The number of sulfonamides is 1. The number of anilines is 1. The standard InChI is InChI=1S/C21H24F3N3O3S/c1-14-5-11-18(12-6-14)31(29,30)26-13-15(2)27(20(28)21(22,23)24)19(26)16-7-9-17(10-8-16)25(3)4/h5-12,15,19H,13H2,1-4H3/t15-,19+/m0/s1. The lowest BCUT2D eigenvalue weighted by Gasteiger charge is -2.32. The van der Waals surface area contributed by atoms with Crippen molar-refractivity contribution in [1.29, 1.82) is 0 Å². The Hall–Kier alpha value is -2.59. The van der Waals surface area contributed by atoms with Crippen molar-refractivity contribution in [3.63, 3.8) is 0 Å². The summed E-state index contributed by atoms with van der Waals surface area (Å²) in [5, 5.41) is 0. The van der Waals surface area contributed by atoms with Gasteiger partial charge < -0.3 is 9.80 Å². The average molecular weight is 456 g/mol. The second kappa shape index (κ2) is 8.16. The monoisotopic (exact) mass is 455 g/mol. The summed E-state index contributed by atoms with van der Waals surface area (Å²) in [6.45, 7) is 2.96. The van der Waals surface area contributed by atoms with Crippen LogP contribution in [0.15, 0.2) is 53.4 Å². The van der Waals surface area contributed by atoms with Crippen LogP contribution in [0.5, 0.6) is 0 Å². The fraction of sp³-hybridized carbons (Fsp3) is 0.381. The minimum atomic E-state index is -5.13. The molecule has 31 heavy (non-hydrogen) atoms. The topological polar surface area (TPSA) is 60.9 Å². The molecule has 1 saturated heterocycles. The molecule has 0 bridgehead atoms. The molecule has 1 fully saturated rings. The number of hydrogen-bond donors (Lipinski definition) is 0. The molecular weight excluding hydrogens is 431 g/mol. The lowest BCUT2D eigenvalue weighted by molar-refractivity contribution is -0.189. The third-order valence-corrected chi connectivity index (χ3v) is 7.10. The van der Waals surface area contributed by atoms with Crippen LogP contribution in [0.3, 0.4) is 0 Å². The van der Waals surface area contributed by atoms with Crippen LogP contribution < -0.4 is 4.90 Å². The van der Waals surface area contributed by atoms with Crippen LogP contribution in [-0.2, 0) is 14.8 Å². The first-order chi connectivity index (χ1) is 14.3. The van der Waals surface area contributed by atoms with E-state index in [-0.39, 0.29) is 17.0 Å². The summed E-state index contributed by atoms with van der Waals surface area (Å²) in [6.07, 6.45) is -6.54. The van der Waals surface area contributed by atoms with Crippen molar-refractivity contribution < 1.29 is 26.4 Å². The summed E-state index contributed by atoms with van der Waals surface area (Å²) in [5.41, 5.74) is 1.91. The van der Waals surface area contributed by atoms with Crippen LogP contribution in [0.25, 0.3) is 0 Å². The summed E-state index contributed by atoms with van der Waals surface area (Å²) >= 11 is 0. The maximum Gasteiger partial charge on any atom is 0.471 e. The predicted octanol–water partition coefficient (Wildman–Crippen LogP) is 3.54. The third kappa shape index (κ3) is 4.40. The van der Waals surface area contributed by atoms with Crippen molar-refractivity contribution >= 4 is 21.6 Å². The largest absolute Gasteiger partial charge is 0.471 e. The van der Waals surface area contributed by atoms with E-state index in [1.807, 2.05) is 0 Å². The molecule has 0 radical (unpaired) electrons. The Morgan fingerprint density at radius 1 is 1.03 bits per heavy atom. The molecule has 1 heterocycles. The van der Waals surface area contributed by atoms with Gasteiger partial charge in [0.2, 0.25) is 10.0 Å². The SMILES string of the molecule is Cc1ccc(S(=O)(=O)N2C[C@H](C)N(C(=O)C(F)(F)F)[C@@H]2c2ccc(N(C)C)cc2)cc1. The van der Waals surface area contributed by atoms with Gasteiger partial charge >= 0.3 is 12.1 Å². The zero-order chi connectivity index (χ0) is 23.1. The molecular formula is C21H24F3N3O3S. The molecule has 1 amide bonds. The Bertz CT molecular complexity index is 1050. The van der Waals surface area contributed by atoms with Gasteiger partial charge in [-0.2, -0.15) is 17.5 Å². The highest BCUT2D eigenvalue weighted by Gasteiger charge is 2.53. The normalized spacial score (nSPS) is 20.2. The van der Waals surface area contributed by atoms with E-state index >= 15 is 0 Å². The number of amides is 1. The minimum Gasteiger partial charge on any atom is -0.378 e. The van der Waals surface area contributed by atoms with E-state index in [1.54, 1.807) is 62.3 Å². The molecule has 0 N–H and O–H groups in total. The Balaban J connectivity index is 2.13. The van der Waals surface area contributed by atoms with Gasteiger partial charge in [0, 0.05) is 32.4 Å². The van der Waals surface area contributed by atoms with Gasteiger partial charge in [-0.3, -0.25) is 4.79 Å². The van der Waals surface area contributed by atoms with Gasteiger partial charge in [0.1, 0.15) is 6.17 Å². The van der Waals surface area contributed by atoms with E-state index < -0.39 is 34.3 Å². The Morgan fingerprint density at radius 3 is 2.06 bits per heavy atom. The lowest BCUT2D eigenvalue weighted by atomic mass is 10.1. The number of carbonyl (C=O) groups is 1. The number of nitrogens with zero attached hydrogens (tertiary/aromatic N) is 3. The van der Waals surface area contributed by atoms with Gasteiger partial charge in [0.05, 0.1) is 4.90 Å². The Kier molecular flexibility index (Phi) is 6.07. The van der Waals surface area contributed by atoms with Gasteiger partial charge in [0.25, 0.3) is 0 Å². The van der Waals surface area contributed by atoms with Crippen molar-refractivity contribution in [3.05, 3.63) is 59.7 Å². The quantitative estimate of drug-likeness (QED) is 0.708. The molecule has 0 spiro atoms. The number of halogens is 3. The fourth-order valence-electron chi connectivity index (χ4n) is 3.63. The lowest BCUT2D eigenvalue weighted by Crippen LogP contribution is -2.45. The van der Waals surface area contributed by atoms with E-state index in [0.29, 0.717) is 4.90 Å². The second-order valence-corrected chi connectivity index (χ2v) is 9.70. The molecule has 2 aromatic carbocycles. The molecule has 1 aliphatic rings. The molecule has 168 valence electrons. The smallest absolute Gasteiger partial charge is 0.378 e. The van der Waals surface area contributed by atoms with Crippen LogP contribution in [0.2, 0.25) is 0 Å². The number of alkyl halides is 3. The van der Waals surface area contributed by atoms with Crippen molar-refractivity contribution in [1.82, 2.24) is 9.21 Å². The van der Waals surface area contributed by atoms with Crippen LogP contribution in [0.1, 0.15) is 24.2 Å².